The van der Waals surface area contributed by atoms with E-state index < -0.39 is 5.97 Å². The average molecular weight is 368 g/mol. The highest BCUT2D eigenvalue weighted by Gasteiger charge is 2.19. The minimum Gasteiger partial charge on any atom is -0.465 e. The van der Waals surface area contributed by atoms with Crippen LogP contribution in [-0.2, 0) is 9.47 Å². The fourth-order valence-corrected chi connectivity index (χ4v) is 3.20. The second-order valence-corrected chi connectivity index (χ2v) is 6.52. The quantitative estimate of drug-likeness (QED) is 0.820. The highest BCUT2D eigenvalue weighted by molar-refractivity contribution is 6.04. The van der Waals surface area contributed by atoms with E-state index in [0.717, 1.165) is 37.3 Å². The molecule has 1 atom stereocenters. The van der Waals surface area contributed by atoms with Crippen molar-refractivity contribution in [2.75, 3.05) is 37.5 Å². The zero-order chi connectivity index (χ0) is 19.2. The van der Waals surface area contributed by atoms with Crippen LogP contribution in [0, 0.1) is 0 Å². The predicted molar refractivity (Wildman–Crippen MR) is 104 cm³/mol. The minimum absolute atomic E-state index is 0.225. The molecule has 0 radical (unpaired) electrons. The number of hydrogen-bond acceptors (Lipinski definition) is 5. The Bertz CT molecular complexity index is 787. The van der Waals surface area contributed by atoms with Gasteiger partial charge in [0.2, 0.25) is 0 Å². The van der Waals surface area contributed by atoms with E-state index in [1.807, 2.05) is 24.3 Å². The third kappa shape index (κ3) is 4.65. The Kier molecular flexibility index (Phi) is 6.08. The van der Waals surface area contributed by atoms with Gasteiger partial charge in [0.15, 0.2) is 0 Å². The number of carbonyl (C=O) groups is 2. The van der Waals surface area contributed by atoms with Crippen LogP contribution in [0.25, 0.3) is 0 Å². The number of carbonyl (C=O) groups excluding carboxylic acids is 2. The zero-order valence-electron chi connectivity index (χ0n) is 15.6. The van der Waals surface area contributed by atoms with Gasteiger partial charge in [-0.25, -0.2) is 4.79 Å². The zero-order valence-corrected chi connectivity index (χ0v) is 15.6. The van der Waals surface area contributed by atoms with Gasteiger partial charge in [-0.15, -0.1) is 0 Å². The van der Waals surface area contributed by atoms with Crippen LogP contribution in [0.2, 0.25) is 0 Å². The molecule has 6 nitrogen and oxygen atoms in total. The van der Waals surface area contributed by atoms with Crippen LogP contribution in [0.1, 0.15) is 33.6 Å². The number of hydrogen-bond donors (Lipinski definition) is 1. The standard InChI is InChI=1S/C21H24N2O4/c1-26-19-4-3-13-23(14-19)18-11-9-17(10-12-18)22-20(24)15-5-7-16(8-6-15)21(25)27-2/h5-12,19H,3-4,13-14H2,1-2H3,(H,22,24)/t19-/m1/s1. The second-order valence-electron chi connectivity index (χ2n) is 6.52. The summed E-state index contributed by atoms with van der Waals surface area (Å²) in [5.74, 6) is -0.650. The molecule has 2 aromatic carbocycles. The summed E-state index contributed by atoms with van der Waals surface area (Å²) in [4.78, 5) is 26.1. The first-order valence-electron chi connectivity index (χ1n) is 8.98. The fourth-order valence-electron chi connectivity index (χ4n) is 3.20. The van der Waals surface area contributed by atoms with Crippen LogP contribution < -0.4 is 10.2 Å². The van der Waals surface area contributed by atoms with Gasteiger partial charge in [0.05, 0.1) is 18.8 Å². The Morgan fingerprint density at radius 3 is 2.30 bits per heavy atom. The first kappa shape index (κ1) is 18.9. The molecule has 2 aromatic rings. The molecule has 3 rings (SSSR count). The number of nitrogens with one attached hydrogen (secondary N) is 1. The third-order valence-corrected chi connectivity index (χ3v) is 4.77. The maximum Gasteiger partial charge on any atom is 0.337 e. The lowest BCUT2D eigenvalue weighted by molar-refractivity contribution is 0.0600. The van der Waals surface area contributed by atoms with E-state index in [0.29, 0.717) is 11.1 Å². The first-order valence-corrected chi connectivity index (χ1v) is 8.98. The van der Waals surface area contributed by atoms with Gasteiger partial charge in [0.1, 0.15) is 0 Å². The molecule has 1 amide bonds. The molecule has 1 saturated heterocycles. The number of anilines is 2. The topological polar surface area (TPSA) is 67.9 Å². The van der Waals surface area contributed by atoms with E-state index in [2.05, 4.69) is 15.0 Å². The highest BCUT2D eigenvalue weighted by Crippen LogP contribution is 2.23. The highest BCUT2D eigenvalue weighted by atomic mass is 16.5. The number of rotatable bonds is 5. The molecule has 1 aliphatic rings. The van der Waals surface area contributed by atoms with Crippen molar-refractivity contribution in [3.63, 3.8) is 0 Å². The summed E-state index contributed by atoms with van der Waals surface area (Å²) in [7, 11) is 3.08. The lowest BCUT2D eigenvalue weighted by atomic mass is 10.1. The molecule has 0 saturated carbocycles. The van der Waals surface area contributed by atoms with Crippen molar-refractivity contribution in [2.45, 2.75) is 18.9 Å². The summed E-state index contributed by atoms with van der Waals surface area (Å²) in [5.41, 5.74) is 2.73. The van der Waals surface area contributed by atoms with Crippen molar-refractivity contribution in [1.82, 2.24) is 0 Å². The van der Waals surface area contributed by atoms with Crippen LogP contribution in [0.5, 0.6) is 0 Å². The van der Waals surface area contributed by atoms with Crippen LogP contribution >= 0.6 is 0 Å². The largest absolute Gasteiger partial charge is 0.465 e. The maximum absolute atomic E-state index is 12.4. The summed E-state index contributed by atoms with van der Waals surface area (Å²) < 4.78 is 10.1. The van der Waals surface area contributed by atoms with Crippen molar-refractivity contribution in [3.8, 4) is 0 Å². The molecule has 1 heterocycles. The summed E-state index contributed by atoms with van der Waals surface area (Å²) in [6.07, 6.45) is 2.47. The van der Waals surface area contributed by atoms with E-state index in [-0.39, 0.29) is 12.0 Å². The van der Waals surface area contributed by atoms with Gasteiger partial charge >= 0.3 is 5.97 Å². The molecule has 0 bridgehead atoms. The molecule has 0 spiro atoms. The van der Waals surface area contributed by atoms with Gasteiger partial charge in [0.25, 0.3) is 5.91 Å². The Morgan fingerprint density at radius 1 is 1.00 bits per heavy atom. The molecule has 6 heteroatoms. The molecular weight excluding hydrogens is 344 g/mol. The Balaban J connectivity index is 1.62. The van der Waals surface area contributed by atoms with Crippen LogP contribution in [0.4, 0.5) is 11.4 Å². The lowest BCUT2D eigenvalue weighted by Gasteiger charge is -2.33. The molecule has 142 valence electrons. The van der Waals surface area contributed by atoms with Gasteiger partial charge in [-0.3, -0.25) is 4.79 Å². The molecule has 0 aromatic heterocycles. The monoisotopic (exact) mass is 368 g/mol. The van der Waals surface area contributed by atoms with Crippen LogP contribution in [0.15, 0.2) is 48.5 Å². The summed E-state index contributed by atoms with van der Waals surface area (Å²) in [6.45, 7) is 1.90. The van der Waals surface area contributed by atoms with E-state index in [4.69, 9.17) is 4.74 Å². The van der Waals surface area contributed by atoms with Crippen LogP contribution in [-0.4, -0.2) is 45.3 Å². The number of amides is 1. The molecule has 1 aliphatic heterocycles. The predicted octanol–water partition coefficient (Wildman–Crippen LogP) is 3.34. The smallest absolute Gasteiger partial charge is 0.337 e. The molecule has 1 fully saturated rings. The molecular formula is C21H24N2O4. The van der Waals surface area contributed by atoms with Crippen molar-refractivity contribution in [3.05, 3.63) is 59.7 Å². The van der Waals surface area contributed by atoms with E-state index in [1.54, 1.807) is 31.4 Å². The number of methoxy groups -OCH3 is 2. The lowest BCUT2D eigenvalue weighted by Crippen LogP contribution is -2.39. The van der Waals surface area contributed by atoms with Gasteiger partial charge in [-0.1, -0.05) is 0 Å². The van der Waals surface area contributed by atoms with E-state index in [1.165, 1.54) is 7.11 Å². The molecule has 27 heavy (non-hydrogen) atoms. The van der Waals surface area contributed by atoms with Gasteiger partial charge in [-0.05, 0) is 61.4 Å². The van der Waals surface area contributed by atoms with Crippen molar-refractivity contribution in [1.29, 1.82) is 0 Å². The Morgan fingerprint density at radius 2 is 1.67 bits per heavy atom. The fraction of sp³-hybridized carbons (Fsp3) is 0.333. The summed E-state index contributed by atoms with van der Waals surface area (Å²) >= 11 is 0. The van der Waals surface area contributed by atoms with Crippen LogP contribution in [0.3, 0.4) is 0 Å². The van der Waals surface area contributed by atoms with Gasteiger partial charge in [0, 0.05) is 37.1 Å². The molecule has 1 N–H and O–H groups in total. The van der Waals surface area contributed by atoms with E-state index in [9.17, 15) is 9.59 Å². The van der Waals surface area contributed by atoms with Crippen molar-refractivity contribution < 1.29 is 19.1 Å². The maximum atomic E-state index is 12.4. The molecule has 0 aliphatic carbocycles. The number of esters is 1. The normalized spacial score (nSPS) is 16.7. The number of piperidine rings is 1. The average Bonchev–Trinajstić information content (AvgIpc) is 2.73. The first-order chi connectivity index (χ1) is 13.1. The number of ether oxygens (including phenoxy) is 2. The third-order valence-electron chi connectivity index (χ3n) is 4.77. The van der Waals surface area contributed by atoms with E-state index >= 15 is 0 Å². The Hall–Kier alpha value is -2.86. The summed E-state index contributed by atoms with van der Waals surface area (Å²) in [6, 6.07) is 14.2. The van der Waals surface area contributed by atoms with Gasteiger partial charge in [-0.2, -0.15) is 0 Å². The summed E-state index contributed by atoms with van der Waals surface area (Å²) in [5, 5.41) is 2.87. The Labute approximate surface area is 159 Å². The number of benzene rings is 2. The number of nitrogens with zero attached hydrogens (tertiary/aromatic N) is 1. The van der Waals surface area contributed by atoms with Gasteiger partial charge < -0.3 is 19.7 Å². The van der Waals surface area contributed by atoms with Crippen molar-refractivity contribution in [2.24, 2.45) is 0 Å². The van der Waals surface area contributed by atoms with Crippen molar-refractivity contribution >= 4 is 23.3 Å². The molecule has 0 unspecified atom stereocenters. The SMILES string of the molecule is COC(=O)c1ccc(C(=O)Nc2ccc(N3CCC[C@@H](OC)C3)cc2)cc1. The minimum atomic E-state index is -0.425. The second kappa shape index (κ2) is 8.68.